The van der Waals surface area contributed by atoms with Crippen LogP contribution in [0.3, 0.4) is 0 Å². The zero-order valence-electron chi connectivity index (χ0n) is 21.8. The van der Waals surface area contributed by atoms with Crippen LogP contribution >= 0.6 is 0 Å². The van der Waals surface area contributed by atoms with E-state index in [0.29, 0.717) is 6.42 Å². The van der Waals surface area contributed by atoms with Gasteiger partial charge in [-0.1, -0.05) is 30.3 Å². The van der Waals surface area contributed by atoms with E-state index in [1.807, 2.05) is 30.3 Å². The molecule has 0 fully saturated rings. The fraction of sp³-hybridized carbons (Fsp3) is 0.367. The Kier molecular flexibility index (Phi) is 5.85. The highest BCUT2D eigenvalue weighted by atomic mass is 16.5. The number of amides is 1. The number of ether oxygens (including phenoxy) is 2. The fourth-order valence-electron chi connectivity index (χ4n) is 5.63. The summed E-state index contributed by atoms with van der Waals surface area (Å²) in [5.74, 6) is 1.42. The summed E-state index contributed by atoms with van der Waals surface area (Å²) >= 11 is 0. The Morgan fingerprint density at radius 1 is 1.06 bits per heavy atom. The number of rotatable bonds is 4. The van der Waals surface area contributed by atoms with Crippen LogP contribution in [0.4, 0.5) is 5.69 Å². The average Bonchev–Trinajstić information content (AvgIpc) is 3.14. The molecule has 2 N–H and O–H groups in total. The van der Waals surface area contributed by atoms with Gasteiger partial charge in [0.05, 0.1) is 13.2 Å². The molecule has 0 saturated heterocycles. The molecule has 3 aromatic rings. The van der Waals surface area contributed by atoms with Crippen LogP contribution in [0.5, 0.6) is 11.5 Å². The molecule has 0 bridgehead atoms. The number of carbonyl (C=O) groups excluding carboxylic acids is 1. The van der Waals surface area contributed by atoms with Gasteiger partial charge in [-0.2, -0.15) is 5.06 Å². The highest BCUT2D eigenvalue weighted by Crippen LogP contribution is 2.52. The van der Waals surface area contributed by atoms with Crippen LogP contribution < -0.4 is 14.8 Å². The molecule has 0 spiro atoms. The van der Waals surface area contributed by atoms with Crippen molar-refractivity contribution in [1.29, 1.82) is 0 Å². The number of carbonyl (C=O) groups is 1. The maximum Gasteiger partial charge on any atom is 0.221 e. The van der Waals surface area contributed by atoms with Crippen LogP contribution in [0.15, 0.2) is 54.6 Å². The third-order valence-electron chi connectivity index (χ3n) is 7.15. The highest BCUT2D eigenvalue weighted by Gasteiger charge is 2.45. The van der Waals surface area contributed by atoms with Gasteiger partial charge in [-0.05, 0) is 86.2 Å². The molecular weight excluding hydrogens is 452 g/mol. The smallest absolute Gasteiger partial charge is 0.221 e. The lowest BCUT2D eigenvalue weighted by Crippen LogP contribution is -2.49. The topological polar surface area (TPSA) is 71.0 Å². The lowest BCUT2D eigenvalue weighted by atomic mass is 9.77. The molecule has 2 aliphatic rings. The van der Waals surface area contributed by atoms with E-state index in [9.17, 15) is 10.0 Å². The van der Waals surface area contributed by atoms with Crippen molar-refractivity contribution in [3.8, 4) is 22.6 Å². The zero-order chi connectivity index (χ0) is 25.8. The van der Waals surface area contributed by atoms with Crippen LogP contribution in [0.25, 0.3) is 11.1 Å². The summed E-state index contributed by atoms with van der Waals surface area (Å²) in [5, 5.41) is 16.0. The van der Waals surface area contributed by atoms with Crippen molar-refractivity contribution in [3.63, 3.8) is 0 Å². The second-order valence-electron chi connectivity index (χ2n) is 11.1. The second kappa shape index (κ2) is 8.64. The predicted molar refractivity (Wildman–Crippen MR) is 141 cm³/mol. The van der Waals surface area contributed by atoms with Gasteiger partial charge in [-0.3, -0.25) is 4.79 Å². The first-order chi connectivity index (χ1) is 17.0. The number of hydrogen-bond donors (Lipinski definition) is 2. The van der Waals surface area contributed by atoms with E-state index in [1.165, 1.54) is 17.6 Å². The van der Waals surface area contributed by atoms with Crippen molar-refractivity contribution in [3.05, 3.63) is 76.9 Å². The molecule has 2 aliphatic heterocycles. The summed E-state index contributed by atoms with van der Waals surface area (Å²) in [7, 11) is 1.68. The van der Waals surface area contributed by atoms with Crippen LogP contribution in [0.2, 0.25) is 0 Å². The quantitative estimate of drug-likeness (QED) is 0.463. The number of nitrogens with zero attached hydrogens (tertiary/aromatic N) is 1. The number of anilines is 1. The van der Waals surface area contributed by atoms with E-state index in [-0.39, 0.29) is 17.6 Å². The van der Waals surface area contributed by atoms with Gasteiger partial charge in [-0.15, -0.1) is 0 Å². The second-order valence-corrected chi connectivity index (χ2v) is 11.1. The fourth-order valence-corrected chi connectivity index (χ4v) is 5.63. The molecule has 2 heterocycles. The number of hydrogen-bond acceptors (Lipinski definition) is 5. The van der Waals surface area contributed by atoms with Crippen molar-refractivity contribution in [2.45, 2.75) is 64.6 Å². The van der Waals surface area contributed by atoms with Crippen LogP contribution in [-0.2, 0) is 17.6 Å². The van der Waals surface area contributed by atoms with Crippen molar-refractivity contribution >= 4 is 11.6 Å². The lowest BCUT2D eigenvalue weighted by molar-refractivity contribution is -0.191. The van der Waals surface area contributed by atoms with Crippen molar-refractivity contribution in [2.75, 3.05) is 12.4 Å². The van der Waals surface area contributed by atoms with Gasteiger partial charge in [0.15, 0.2) is 11.5 Å². The molecule has 1 atom stereocenters. The molecular formula is C30H34N2O4. The maximum absolute atomic E-state index is 11.6. The van der Waals surface area contributed by atoms with Gasteiger partial charge in [0.2, 0.25) is 5.91 Å². The highest BCUT2D eigenvalue weighted by molar-refractivity contribution is 5.89. The summed E-state index contributed by atoms with van der Waals surface area (Å²) in [6.45, 7) is 9.79. The van der Waals surface area contributed by atoms with Gasteiger partial charge < -0.3 is 20.0 Å². The third kappa shape index (κ3) is 4.25. The molecule has 0 radical (unpaired) electrons. The minimum absolute atomic E-state index is 0.104. The number of nitrogens with one attached hydrogen (secondary N) is 1. The Balaban J connectivity index is 1.66. The SMILES string of the molecule is COc1cc2c(c3c1OC(C)(C)C3)C(c1cccc(-c3cccc(NC(C)=O)c3)c1)N(O)C(C)(C)C2. The van der Waals surface area contributed by atoms with Crippen LogP contribution in [0, 0.1) is 0 Å². The maximum atomic E-state index is 11.6. The zero-order valence-corrected chi connectivity index (χ0v) is 21.8. The molecule has 5 rings (SSSR count). The van der Waals surface area contributed by atoms with Crippen molar-refractivity contribution in [2.24, 2.45) is 0 Å². The average molecular weight is 487 g/mol. The minimum atomic E-state index is -0.479. The summed E-state index contributed by atoms with van der Waals surface area (Å²) in [6.07, 6.45) is 1.43. The van der Waals surface area contributed by atoms with Gasteiger partial charge in [0.1, 0.15) is 5.60 Å². The van der Waals surface area contributed by atoms with Gasteiger partial charge in [-0.25, -0.2) is 0 Å². The number of methoxy groups -OCH3 is 1. The molecule has 3 aromatic carbocycles. The molecule has 188 valence electrons. The molecule has 6 nitrogen and oxygen atoms in total. The summed E-state index contributed by atoms with van der Waals surface area (Å²) in [6, 6.07) is 17.8. The van der Waals surface area contributed by atoms with Crippen LogP contribution in [-0.4, -0.2) is 34.4 Å². The Hall–Kier alpha value is -3.35. The van der Waals surface area contributed by atoms with Gasteiger partial charge in [0, 0.05) is 30.1 Å². The predicted octanol–water partition coefficient (Wildman–Crippen LogP) is 6.15. The molecule has 0 saturated carbocycles. The Morgan fingerprint density at radius 2 is 1.75 bits per heavy atom. The van der Waals surface area contributed by atoms with Crippen molar-refractivity contribution < 1.29 is 19.5 Å². The van der Waals surface area contributed by atoms with E-state index in [2.05, 4.69) is 57.3 Å². The third-order valence-corrected chi connectivity index (χ3v) is 7.15. The largest absolute Gasteiger partial charge is 0.493 e. The molecule has 1 unspecified atom stereocenters. The summed E-state index contributed by atoms with van der Waals surface area (Å²) in [4.78, 5) is 11.6. The minimum Gasteiger partial charge on any atom is -0.493 e. The Bertz CT molecular complexity index is 1340. The molecule has 0 aliphatic carbocycles. The lowest BCUT2D eigenvalue weighted by Gasteiger charge is -2.45. The summed E-state index contributed by atoms with van der Waals surface area (Å²) in [5.41, 5.74) is 6.29. The van der Waals surface area contributed by atoms with E-state index < -0.39 is 5.54 Å². The Labute approximate surface area is 212 Å². The molecule has 6 heteroatoms. The monoisotopic (exact) mass is 486 g/mol. The number of benzene rings is 3. The van der Waals surface area contributed by atoms with Gasteiger partial charge in [0.25, 0.3) is 0 Å². The standard InChI is InChI=1S/C30H34N2O4/c1-18(33)31-23-12-8-10-20(14-23)19-9-7-11-21(13-19)27-26-22(16-29(2,3)32(27)34)15-25(35-6)28-24(26)17-30(4,5)36-28/h7-15,27,34H,16-17H2,1-6H3,(H,31,33). The van der Waals surface area contributed by atoms with E-state index in [1.54, 1.807) is 7.11 Å². The summed E-state index contributed by atoms with van der Waals surface area (Å²) < 4.78 is 12.1. The first-order valence-corrected chi connectivity index (χ1v) is 12.4. The van der Waals surface area contributed by atoms with Crippen LogP contribution in [0.1, 0.15) is 62.9 Å². The molecule has 1 amide bonds. The first kappa shape index (κ1) is 24.3. The number of hydroxylamine groups is 2. The van der Waals surface area contributed by atoms with Gasteiger partial charge >= 0.3 is 0 Å². The van der Waals surface area contributed by atoms with Crippen molar-refractivity contribution in [1.82, 2.24) is 5.06 Å². The number of fused-ring (bicyclic) bond motifs is 3. The molecule has 0 aromatic heterocycles. The van der Waals surface area contributed by atoms with E-state index in [0.717, 1.165) is 51.4 Å². The first-order valence-electron chi connectivity index (χ1n) is 12.4. The van der Waals surface area contributed by atoms with E-state index >= 15 is 0 Å². The molecule has 36 heavy (non-hydrogen) atoms. The normalized spacial score (nSPS) is 19.7. The van der Waals surface area contributed by atoms with E-state index in [4.69, 9.17) is 9.47 Å². The Morgan fingerprint density at radius 3 is 2.44 bits per heavy atom.